The number of rotatable bonds is 7. The zero-order valence-electron chi connectivity index (χ0n) is 17.8. The van der Waals surface area contributed by atoms with E-state index in [9.17, 15) is 4.79 Å². The highest BCUT2D eigenvalue weighted by Gasteiger charge is 2.57. The second kappa shape index (κ2) is 8.35. The highest BCUT2D eigenvalue weighted by Crippen LogP contribution is 2.54. The van der Waals surface area contributed by atoms with Gasteiger partial charge in [-0.1, -0.05) is 65.8 Å². The van der Waals surface area contributed by atoms with Gasteiger partial charge in [0.05, 0.1) is 12.7 Å². The second-order valence-corrected chi connectivity index (χ2v) is 7.97. The van der Waals surface area contributed by atoms with Crippen LogP contribution >= 0.6 is 0 Å². The first kappa shape index (κ1) is 20.1. The Labute approximate surface area is 186 Å². The molecule has 0 N–H and O–H groups in total. The van der Waals surface area contributed by atoms with E-state index in [2.05, 4.69) is 5.16 Å². The highest BCUT2D eigenvalue weighted by atomic mass is 16.5. The number of esters is 1. The van der Waals surface area contributed by atoms with Crippen molar-refractivity contribution in [2.75, 3.05) is 7.11 Å². The highest BCUT2D eigenvalue weighted by molar-refractivity contribution is 5.92. The molecule has 5 nitrogen and oxygen atoms in total. The van der Waals surface area contributed by atoms with Gasteiger partial charge < -0.3 is 14.0 Å². The standard InChI is InChI=1S/C27H23NO4/c1-30-26(29)27(16-17-27)25-23(20-10-6-3-7-11-20)24(28-32-25)21-12-14-22(15-13-21)31-18-19-8-4-2-5-9-19/h2-15H,16-18H2,1H3. The lowest BCUT2D eigenvalue weighted by Gasteiger charge is -2.12. The van der Waals surface area contributed by atoms with Gasteiger partial charge in [0.15, 0.2) is 5.76 Å². The summed E-state index contributed by atoms with van der Waals surface area (Å²) in [5, 5.41) is 4.39. The van der Waals surface area contributed by atoms with Crippen molar-refractivity contribution >= 4 is 5.97 Å². The first-order valence-electron chi connectivity index (χ1n) is 10.6. The summed E-state index contributed by atoms with van der Waals surface area (Å²) in [5.74, 6) is 1.08. The van der Waals surface area contributed by atoms with Gasteiger partial charge in [0.1, 0.15) is 23.5 Å². The first-order valence-corrected chi connectivity index (χ1v) is 10.6. The number of aromatic nitrogens is 1. The van der Waals surface area contributed by atoms with E-state index < -0.39 is 5.41 Å². The number of nitrogens with zero attached hydrogens (tertiary/aromatic N) is 1. The van der Waals surface area contributed by atoms with Crippen LogP contribution in [0.15, 0.2) is 89.5 Å². The van der Waals surface area contributed by atoms with Gasteiger partial charge in [0.2, 0.25) is 0 Å². The average molecular weight is 425 g/mol. The number of benzene rings is 3. The molecule has 0 saturated heterocycles. The third-order valence-corrected chi connectivity index (χ3v) is 5.89. The third kappa shape index (κ3) is 3.66. The fraction of sp³-hybridized carbons (Fsp3) is 0.185. The minimum Gasteiger partial charge on any atom is -0.489 e. The van der Waals surface area contributed by atoms with Crippen molar-refractivity contribution in [3.63, 3.8) is 0 Å². The summed E-state index contributed by atoms with van der Waals surface area (Å²) in [6.07, 6.45) is 1.39. The number of carbonyl (C=O) groups excluding carboxylic acids is 1. The number of methoxy groups -OCH3 is 1. The molecule has 0 spiro atoms. The van der Waals surface area contributed by atoms with Gasteiger partial charge in [-0.05, 0) is 48.2 Å². The Balaban J connectivity index is 1.48. The maximum absolute atomic E-state index is 12.5. The van der Waals surface area contributed by atoms with Crippen molar-refractivity contribution in [3.8, 4) is 28.1 Å². The molecule has 0 bridgehead atoms. The molecule has 1 aromatic heterocycles. The van der Waals surface area contributed by atoms with Crippen molar-refractivity contribution in [1.29, 1.82) is 0 Å². The fourth-order valence-electron chi connectivity index (χ4n) is 3.98. The van der Waals surface area contributed by atoms with Gasteiger partial charge in [0.25, 0.3) is 0 Å². The van der Waals surface area contributed by atoms with Gasteiger partial charge in [-0.2, -0.15) is 0 Å². The quantitative estimate of drug-likeness (QED) is 0.351. The van der Waals surface area contributed by atoms with E-state index in [0.29, 0.717) is 30.9 Å². The average Bonchev–Trinajstić information content (AvgIpc) is 3.55. The van der Waals surface area contributed by atoms with Crippen LogP contribution < -0.4 is 4.74 Å². The molecule has 1 aliphatic rings. The lowest BCUT2D eigenvalue weighted by atomic mass is 9.92. The summed E-state index contributed by atoms with van der Waals surface area (Å²) in [7, 11) is 1.41. The number of hydrogen-bond acceptors (Lipinski definition) is 5. The van der Waals surface area contributed by atoms with Crippen molar-refractivity contribution in [1.82, 2.24) is 5.16 Å². The van der Waals surface area contributed by atoms with Crippen molar-refractivity contribution < 1.29 is 18.8 Å². The molecule has 3 aromatic carbocycles. The Morgan fingerprint density at radius 1 is 0.906 bits per heavy atom. The molecule has 1 aliphatic carbocycles. The number of hydrogen-bond donors (Lipinski definition) is 0. The summed E-state index contributed by atoms with van der Waals surface area (Å²) >= 11 is 0. The largest absolute Gasteiger partial charge is 0.489 e. The Morgan fingerprint density at radius 2 is 1.56 bits per heavy atom. The molecule has 160 valence electrons. The Bertz CT molecular complexity index is 1210. The topological polar surface area (TPSA) is 61.6 Å². The molecule has 5 heteroatoms. The van der Waals surface area contributed by atoms with Gasteiger partial charge in [-0.25, -0.2) is 0 Å². The summed E-state index contributed by atoms with van der Waals surface area (Å²) in [6.45, 7) is 0.505. The number of ether oxygens (including phenoxy) is 2. The van der Waals surface area contributed by atoms with E-state index in [1.807, 2.05) is 84.9 Å². The van der Waals surface area contributed by atoms with Crippen LogP contribution in [0.4, 0.5) is 0 Å². The lowest BCUT2D eigenvalue weighted by Crippen LogP contribution is -2.22. The predicted molar refractivity (Wildman–Crippen MR) is 121 cm³/mol. The molecule has 1 saturated carbocycles. The molecular weight excluding hydrogens is 402 g/mol. The van der Waals surface area contributed by atoms with Crippen LogP contribution in [-0.2, 0) is 21.6 Å². The minimum absolute atomic E-state index is 0.276. The summed E-state index contributed by atoms with van der Waals surface area (Å²) in [5.41, 5.74) is 3.76. The minimum atomic E-state index is -0.746. The molecular formula is C27H23NO4. The molecule has 0 unspecified atom stereocenters. The Kier molecular flexibility index (Phi) is 5.23. The molecule has 1 fully saturated rings. The van der Waals surface area contributed by atoms with Crippen LogP contribution in [0.2, 0.25) is 0 Å². The molecule has 0 radical (unpaired) electrons. The maximum atomic E-state index is 12.5. The fourth-order valence-corrected chi connectivity index (χ4v) is 3.98. The Hall–Kier alpha value is -3.86. The molecule has 0 amide bonds. The summed E-state index contributed by atoms with van der Waals surface area (Å²) < 4.78 is 16.8. The SMILES string of the molecule is COC(=O)C1(c2onc(-c3ccc(OCc4ccccc4)cc3)c2-c2ccccc2)CC1. The first-order chi connectivity index (χ1) is 15.7. The van der Waals surface area contributed by atoms with Crippen LogP contribution in [0.3, 0.4) is 0 Å². The van der Waals surface area contributed by atoms with E-state index >= 15 is 0 Å². The van der Waals surface area contributed by atoms with Crippen LogP contribution in [0, 0.1) is 0 Å². The Morgan fingerprint density at radius 3 is 2.19 bits per heavy atom. The van der Waals surface area contributed by atoms with Gasteiger partial charge in [-0.3, -0.25) is 4.79 Å². The lowest BCUT2D eigenvalue weighted by molar-refractivity contribution is -0.144. The zero-order chi connectivity index (χ0) is 22.0. The molecule has 5 rings (SSSR count). The van der Waals surface area contributed by atoms with Gasteiger partial charge in [0, 0.05) is 5.56 Å². The third-order valence-electron chi connectivity index (χ3n) is 5.89. The van der Waals surface area contributed by atoms with E-state index in [0.717, 1.165) is 28.0 Å². The van der Waals surface area contributed by atoms with E-state index in [1.165, 1.54) is 7.11 Å². The van der Waals surface area contributed by atoms with Crippen molar-refractivity contribution in [2.45, 2.75) is 24.9 Å². The normalized spacial score (nSPS) is 14.0. The molecule has 32 heavy (non-hydrogen) atoms. The van der Waals surface area contributed by atoms with E-state index in [1.54, 1.807) is 0 Å². The second-order valence-electron chi connectivity index (χ2n) is 7.97. The maximum Gasteiger partial charge on any atom is 0.319 e. The molecule has 0 atom stereocenters. The van der Waals surface area contributed by atoms with Gasteiger partial charge in [-0.15, -0.1) is 0 Å². The van der Waals surface area contributed by atoms with Crippen LogP contribution in [0.5, 0.6) is 5.75 Å². The smallest absolute Gasteiger partial charge is 0.319 e. The van der Waals surface area contributed by atoms with E-state index in [-0.39, 0.29) is 5.97 Å². The molecule has 0 aliphatic heterocycles. The molecule has 1 heterocycles. The number of carbonyl (C=O) groups is 1. The van der Waals surface area contributed by atoms with Crippen molar-refractivity contribution in [3.05, 3.63) is 96.3 Å². The van der Waals surface area contributed by atoms with Gasteiger partial charge >= 0.3 is 5.97 Å². The summed E-state index contributed by atoms with van der Waals surface area (Å²) in [6, 6.07) is 27.7. The van der Waals surface area contributed by atoms with E-state index in [4.69, 9.17) is 14.0 Å². The predicted octanol–water partition coefficient (Wildman–Crippen LogP) is 5.79. The monoisotopic (exact) mass is 425 g/mol. The van der Waals surface area contributed by atoms with Crippen LogP contribution in [-0.4, -0.2) is 18.2 Å². The van der Waals surface area contributed by atoms with Crippen LogP contribution in [0.1, 0.15) is 24.2 Å². The van der Waals surface area contributed by atoms with Crippen LogP contribution in [0.25, 0.3) is 22.4 Å². The molecule has 4 aromatic rings. The summed E-state index contributed by atoms with van der Waals surface area (Å²) in [4.78, 5) is 12.5. The van der Waals surface area contributed by atoms with Crippen molar-refractivity contribution in [2.24, 2.45) is 0 Å². The zero-order valence-corrected chi connectivity index (χ0v) is 17.8.